The number of hydrogen-bond acceptors (Lipinski definition) is 6. The van der Waals surface area contributed by atoms with Crippen LogP contribution in [0.15, 0.2) is 28.9 Å². The van der Waals surface area contributed by atoms with E-state index in [2.05, 4.69) is 15.0 Å². The van der Waals surface area contributed by atoms with Crippen molar-refractivity contribution in [1.82, 2.24) is 15.0 Å². The lowest BCUT2D eigenvalue weighted by molar-refractivity contribution is 0.621. The van der Waals surface area contributed by atoms with Gasteiger partial charge in [0.1, 0.15) is 4.88 Å². The van der Waals surface area contributed by atoms with E-state index in [-0.39, 0.29) is 0 Å². The number of anilines is 1. The fourth-order valence-corrected chi connectivity index (χ4v) is 1.87. The molecular weight excluding hydrogens is 212 g/mol. The molecule has 0 aliphatic carbocycles. The molecule has 0 unspecified atom stereocenters. The van der Waals surface area contributed by atoms with E-state index in [1.54, 1.807) is 18.5 Å². The van der Waals surface area contributed by atoms with E-state index >= 15 is 0 Å². The summed E-state index contributed by atoms with van der Waals surface area (Å²) < 4.78 is 5.51. The Balaban J connectivity index is 2.19. The Morgan fingerprint density at radius 3 is 3.00 bits per heavy atom. The van der Waals surface area contributed by atoms with E-state index < -0.39 is 0 Å². The second kappa shape index (κ2) is 3.03. The lowest BCUT2D eigenvalue weighted by Gasteiger charge is -1.83. The smallest absolute Gasteiger partial charge is 0.240 e. The SMILES string of the molecule is Nc1ncc(-c2nc3ncccc3o2)s1. The van der Waals surface area contributed by atoms with Gasteiger partial charge in [0, 0.05) is 6.20 Å². The van der Waals surface area contributed by atoms with Crippen LogP contribution in [0.4, 0.5) is 5.13 Å². The highest BCUT2D eigenvalue weighted by Crippen LogP contribution is 2.28. The third-order valence-corrected chi connectivity index (χ3v) is 2.71. The summed E-state index contributed by atoms with van der Waals surface area (Å²) in [6.07, 6.45) is 3.32. The summed E-state index contributed by atoms with van der Waals surface area (Å²) in [7, 11) is 0. The number of nitrogens with zero attached hydrogens (tertiary/aromatic N) is 3. The Bertz CT molecular complexity index is 582. The van der Waals surface area contributed by atoms with Crippen LogP contribution in [0.3, 0.4) is 0 Å². The molecule has 0 saturated carbocycles. The van der Waals surface area contributed by atoms with Crippen LogP contribution < -0.4 is 5.73 Å². The fourth-order valence-electron chi connectivity index (χ4n) is 1.26. The van der Waals surface area contributed by atoms with E-state index in [9.17, 15) is 0 Å². The lowest BCUT2D eigenvalue weighted by Crippen LogP contribution is -1.77. The molecule has 0 fully saturated rings. The Morgan fingerprint density at radius 1 is 1.33 bits per heavy atom. The van der Waals surface area contributed by atoms with Crippen molar-refractivity contribution >= 4 is 27.7 Å². The first-order valence-electron chi connectivity index (χ1n) is 4.26. The molecule has 0 atom stereocenters. The van der Waals surface area contributed by atoms with Crippen molar-refractivity contribution in [3.63, 3.8) is 0 Å². The van der Waals surface area contributed by atoms with Gasteiger partial charge >= 0.3 is 0 Å². The van der Waals surface area contributed by atoms with Crippen LogP contribution in [0.5, 0.6) is 0 Å². The summed E-state index contributed by atoms with van der Waals surface area (Å²) >= 11 is 1.34. The fraction of sp³-hybridized carbons (Fsp3) is 0. The Hall–Kier alpha value is -1.95. The molecule has 0 bridgehead atoms. The van der Waals surface area contributed by atoms with Gasteiger partial charge in [-0.25, -0.2) is 9.97 Å². The Labute approximate surface area is 88.6 Å². The maximum atomic E-state index is 5.53. The molecule has 3 heterocycles. The summed E-state index contributed by atoms with van der Waals surface area (Å²) in [6, 6.07) is 3.63. The largest absolute Gasteiger partial charge is 0.433 e. The summed E-state index contributed by atoms with van der Waals surface area (Å²) in [5, 5.41) is 0.500. The number of hydrogen-bond donors (Lipinski definition) is 1. The van der Waals surface area contributed by atoms with Crippen LogP contribution in [0, 0.1) is 0 Å². The summed E-state index contributed by atoms with van der Waals surface area (Å²) in [5.41, 5.74) is 6.80. The van der Waals surface area contributed by atoms with Gasteiger partial charge in [-0.1, -0.05) is 11.3 Å². The van der Waals surface area contributed by atoms with E-state index in [1.807, 2.05) is 6.07 Å². The van der Waals surface area contributed by atoms with Crippen LogP contribution in [0.1, 0.15) is 0 Å². The molecule has 15 heavy (non-hydrogen) atoms. The van der Waals surface area contributed by atoms with E-state index in [4.69, 9.17) is 10.2 Å². The van der Waals surface area contributed by atoms with Gasteiger partial charge in [-0.3, -0.25) is 0 Å². The molecule has 74 valence electrons. The quantitative estimate of drug-likeness (QED) is 0.675. The van der Waals surface area contributed by atoms with Gasteiger partial charge in [0.2, 0.25) is 5.89 Å². The Morgan fingerprint density at radius 2 is 2.27 bits per heavy atom. The topological polar surface area (TPSA) is 77.8 Å². The average Bonchev–Trinajstić information content (AvgIpc) is 2.82. The minimum Gasteiger partial charge on any atom is -0.433 e. The number of nitrogen functional groups attached to an aromatic ring is 1. The number of aromatic nitrogens is 3. The van der Waals surface area contributed by atoms with Crippen LogP contribution in [0.2, 0.25) is 0 Å². The molecular formula is C9H6N4OS. The highest BCUT2D eigenvalue weighted by molar-refractivity contribution is 7.18. The first-order chi connectivity index (χ1) is 7.33. The van der Waals surface area contributed by atoms with Crippen molar-refractivity contribution in [1.29, 1.82) is 0 Å². The third kappa shape index (κ3) is 1.35. The first kappa shape index (κ1) is 8.37. The monoisotopic (exact) mass is 218 g/mol. The van der Waals surface area contributed by atoms with Gasteiger partial charge in [0.05, 0.1) is 6.20 Å². The van der Waals surface area contributed by atoms with Crippen LogP contribution in [0.25, 0.3) is 22.0 Å². The van der Waals surface area contributed by atoms with Crippen molar-refractivity contribution in [3.8, 4) is 10.8 Å². The molecule has 0 aliphatic heterocycles. The lowest BCUT2D eigenvalue weighted by atomic mass is 10.5. The molecule has 5 nitrogen and oxygen atoms in total. The van der Waals surface area contributed by atoms with Gasteiger partial charge in [0.15, 0.2) is 16.4 Å². The average molecular weight is 218 g/mol. The van der Waals surface area contributed by atoms with Gasteiger partial charge in [-0.05, 0) is 12.1 Å². The minimum atomic E-state index is 0.500. The zero-order chi connectivity index (χ0) is 10.3. The second-order valence-corrected chi connectivity index (χ2v) is 3.97. The number of oxazole rings is 1. The van der Waals surface area contributed by atoms with Crippen LogP contribution in [-0.4, -0.2) is 15.0 Å². The molecule has 0 radical (unpaired) electrons. The molecule has 0 saturated heterocycles. The van der Waals surface area contributed by atoms with Crippen LogP contribution >= 0.6 is 11.3 Å². The maximum absolute atomic E-state index is 5.53. The number of thiazole rings is 1. The minimum absolute atomic E-state index is 0.500. The van der Waals surface area contributed by atoms with Crippen LogP contribution in [-0.2, 0) is 0 Å². The molecule has 3 rings (SSSR count). The van der Waals surface area contributed by atoms with Gasteiger partial charge < -0.3 is 10.2 Å². The highest BCUT2D eigenvalue weighted by atomic mass is 32.1. The predicted octanol–water partition coefficient (Wildman–Crippen LogP) is 1.93. The number of fused-ring (bicyclic) bond motifs is 1. The summed E-state index contributed by atoms with van der Waals surface area (Å²) in [5.74, 6) is 0.512. The molecule has 0 spiro atoms. The highest BCUT2D eigenvalue weighted by Gasteiger charge is 2.10. The molecule has 0 amide bonds. The zero-order valence-corrected chi connectivity index (χ0v) is 8.36. The van der Waals surface area contributed by atoms with E-state index in [0.29, 0.717) is 22.3 Å². The molecule has 0 aliphatic rings. The standard InChI is InChI=1S/C9H6N4OS/c10-9-12-4-6(15-9)8-13-7-5(14-8)2-1-3-11-7/h1-4H,(H2,10,12). The van der Waals surface area contributed by atoms with Crippen molar-refractivity contribution in [3.05, 3.63) is 24.5 Å². The zero-order valence-electron chi connectivity index (χ0n) is 7.54. The maximum Gasteiger partial charge on any atom is 0.240 e. The summed E-state index contributed by atoms with van der Waals surface area (Å²) in [4.78, 5) is 13.1. The number of rotatable bonds is 1. The van der Waals surface area contributed by atoms with Crippen molar-refractivity contribution in [2.24, 2.45) is 0 Å². The van der Waals surface area contributed by atoms with Gasteiger partial charge in [-0.15, -0.1) is 0 Å². The van der Waals surface area contributed by atoms with Gasteiger partial charge in [-0.2, -0.15) is 4.98 Å². The molecule has 2 N–H and O–H groups in total. The normalized spacial score (nSPS) is 10.9. The van der Waals surface area contributed by atoms with E-state index in [0.717, 1.165) is 4.88 Å². The molecule has 3 aromatic heterocycles. The third-order valence-electron chi connectivity index (χ3n) is 1.90. The second-order valence-electron chi connectivity index (χ2n) is 2.91. The Kier molecular flexibility index (Phi) is 1.69. The summed E-state index contributed by atoms with van der Waals surface area (Å²) in [6.45, 7) is 0. The first-order valence-corrected chi connectivity index (χ1v) is 5.08. The molecule has 6 heteroatoms. The van der Waals surface area contributed by atoms with Gasteiger partial charge in [0.25, 0.3) is 0 Å². The van der Waals surface area contributed by atoms with E-state index in [1.165, 1.54) is 11.3 Å². The molecule has 0 aromatic carbocycles. The van der Waals surface area contributed by atoms with Crippen molar-refractivity contribution in [2.45, 2.75) is 0 Å². The van der Waals surface area contributed by atoms with Crippen molar-refractivity contribution < 1.29 is 4.42 Å². The predicted molar refractivity (Wildman–Crippen MR) is 57.3 cm³/mol. The van der Waals surface area contributed by atoms with Crippen molar-refractivity contribution in [2.75, 3.05) is 5.73 Å². The number of pyridine rings is 1. The number of nitrogens with two attached hydrogens (primary N) is 1. The molecule has 3 aromatic rings.